The molecule has 1 amide bonds. The highest BCUT2D eigenvalue weighted by molar-refractivity contribution is 7.07. The minimum Gasteiger partial charge on any atom is -0.493 e. The number of fused-ring (bicyclic) bond motifs is 1. The van der Waals surface area contributed by atoms with Crippen LogP contribution in [0.15, 0.2) is 69.6 Å². The van der Waals surface area contributed by atoms with Crippen LogP contribution < -0.4 is 30.1 Å². The van der Waals surface area contributed by atoms with Gasteiger partial charge in [0.1, 0.15) is 0 Å². The molecule has 0 aliphatic carbocycles. The topological polar surface area (TPSA) is 122 Å². The molecule has 1 aliphatic rings. The molecular formula is C26H25N3O6S. The first kappa shape index (κ1) is 24.9. The summed E-state index contributed by atoms with van der Waals surface area (Å²) < 4.78 is 18.0. The number of carbonyl (C=O) groups excluding carboxylic acids is 2. The maximum absolute atomic E-state index is 13.6. The van der Waals surface area contributed by atoms with Crippen LogP contribution in [0.3, 0.4) is 0 Å². The average Bonchev–Trinajstić information content (AvgIpc) is 3.16. The second-order valence-electron chi connectivity index (χ2n) is 7.88. The van der Waals surface area contributed by atoms with E-state index in [1.165, 1.54) is 23.0 Å². The molecule has 0 spiro atoms. The first-order chi connectivity index (χ1) is 17.3. The Morgan fingerprint density at radius 3 is 2.58 bits per heavy atom. The van der Waals surface area contributed by atoms with Crippen LogP contribution in [0, 0.1) is 0 Å². The van der Waals surface area contributed by atoms with Gasteiger partial charge in [0.25, 0.3) is 11.5 Å². The number of esters is 1. The lowest BCUT2D eigenvalue weighted by atomic mass is 9.96. The highest BCUT2D eigenvalue weighted by Gasteiger charge is 2.33. The van der Waals surface area contributed by atoms with Gasteiger partial charge < -0.3 is 19.9 Å². The Morgan fingerprint density at radius 1 is 1.17 bits per heavy atom. The highest BCUT2D eigenvalue weighted by atomic mass is 32.1. The number of nitrogens with zero attached hydrogens (tertiary/aromatic N) is 2. The van der Waals surface area contributed by atoms with Crippen LogP contribution in [0.5, 0.6) is 11.5 Å². The molecule has 186 valence electrons. The summed E-state index contributed by atoms with van der Waals surface area (Å²) in [5, 5.41) is 0. The number of ether oxygens (including phenoxy) is 3. The number of methoxy groups -OCH3 is 1. The summed E-state index contributed by atoms with van der Waals surface area (Å²) in [6.45, 7) is 3.41. The first-order valence-electron chi connectivity index (χ1n) is 11.2. The van der Waals surface area contributed by atoms with Gasteiger partial charge in [0, 0.05) is 0 Å². The van der Waals surface area contributed by atoms with Crippen molar-refractivity contribution < 1.29 is 23.8 Å². The number of primary amides is 1. The van der Waals surface area contributed by atoms with Crippen molar-refractivity contribution in [3.05, 3.63) is 90.6 Å². The summed E-state index contributed by atoms with van der Waals surface area (Å²) in [7, 11) is 1.48. The van der Waals surface area contributed by atoms with Gasteiger partial charge in [-0.05, 0) is 43.2 Å². The van der Waals surface area contributed by atoms with Crippen LogP contribution in [0.2, 0.25) is 0 Å². The van der Waals surface area contributed by atoms with Gasteiger partial charge in [0.2, 0.25) is 0 Å². The molecule has 0 saturated carbocycles. The quantitative estimate of drug-likeness (QED) is 0.463. The molecule has 1 aliphatic heterocycles. The Labute approximate surface area is 210 Å². The van der Waals surface area contributed by atoms with Crippen LogP contribution >= 0.6 is 11.3 Å². The van der Waals surface area contributed by atoms with E-state index in [4.69, 9.17) is 19.9 Å². The Bertz CT molecular complexity index is 1520. The van der Waals surface area contributed by atoms with Crippen molar-refractivity contribution in [3.8, 4) is 11.5 Å². The molecule has 0 saturated heterocycles. The van der Waals surface area contributed by atoms with E-state index in [1.54, 1.807) is 38.1 Å². The van der Waals surface area contributed by atoms with Crippen molar-refractivity contribution >= 4 is 29.3 Å². The summed E-state index contributed by atoms with van der Waals surface area (Å²) in [5.41, 5.74) is 7.17. The van der Waals surface area contributed by atoms with Gasteiger partial charge in [0.15, 0.2) is 22.9 Å². The van der Waals surface area contributed by atoms with E-state index in [-0.39, 0.29) is 18.8 Å². The molecule has 1 atom stereocenters. The number of amides is 1. The average molecular weight is 508 g/mol. The second-order valence-corrected chi connectivity index (χ2v) is 8.89. The number of allylic oxidation sites excluding steroid dienone is 1. The Morgan fingerprint density at radius 2 is 1.92 bits per heavy atom. The van der Waals surface area contributed by atoms with Crippen LogP contribution in [-0.2, 0) is 14.3 Å². The lowest BCUT2D eigenvalue weighted by Gasteiger charge is -2.24. The number of nitrogens with two attached hydrogens (primary N) is 1. The fourth-order valence-corrected chi connectivity index (χ4v) is 4.98. The largest absolute Gasteiger partial charge is 0.493 e. The number of benzene rings is 2. The van der Waals surface area contributed by atoms with E-state index in [1.807, 2.05) is 30.3 Å². The molecule has 10 heteroatoms. The monoisotopic (exact) mass is 507 g/mol. The molecule has 2 aromatic carbocycles. The molecule has 0 bridgehead atoms. The molecule has 0 unspecified atom stereocenters. The number of thiazole rings is 1. The number of hydrogen-bond acceptors (Lipinski definition) is 8. The van der Waals surface area contributed by atoms with E-state index in [2.05, 4.69) is 4.99 Å². The SMILES string of the molecule is CCOC(=O)C1=C(C)N=c2sc(=Cc3ccc(OCC(N)=O)c(OC)c3)c(=O)n2[C@@H]1c1ccccc1. The van der Waals surface area contributed by atoms with E-state index in [0.29, 0.717) is 37.7 Å². The summed E-state index contributed by atoms with van der Waals surface area (Å²) in [6.07, 6.45) is 1.72. The maximum Gasteiger partial charge on any atom is 0.338 e. The smallest absolute Gasteiger partial charge is 0.338 e. The minimum absolute atomic E-state index is 0.211. The Kier molecular flexibility index (Phi) is 7.35. The Hall–Kier alpha value is -4.18. The van der Waals surface area contributed by atoms with Crippen LogP contribution in [-0.4, -0.2) is 36.8 Å². The molecule has 4 rings (SSSR count). The molecule has 2 heterocycles. The third-order valence-electron chi connectivity index (χ3n) is 5.49. The molecule has 0 fully saturated rings. The van der Waals surface area contributed by atoms with Crippen molar-refractivity contribution in [1.82, 2.24) is 4.57 Å². The summed E-state index contributed by atoms with van der Waals surface area (Å²) in [6, 6.07) is 13.7. The number of aromatic nitrogens is 1. The van der Waals surface area contributed by atoms with Gasteiger partial charge in [-0.2, -0.15) is 0 Å². The molecule has 0 radical (unpaired) electrons. The summed E-state index contributed by atoms with van der Waals surface area (Å²) in [5.74, 6) is -0.361. The van der Waals surface area contributed by atoms with Crippen molar-refractivity contribution in [2.45, 2.75) is 19.9 Å². The van der Waals surface area contributed by atoms with Crippen LogP contribution in [0.1, 0.15) is 31.0 Å². The molecule has 2 N–H and O–H groups in total. The first-order valence-corrected chi connectivity index (χ1v) is 12.0. The summed E-state index contributed by atoms with van der Waals surface area (Å²) in [4.78, 5) is 42.6. The predicted molar refractivity (Wildman–Crippen MR) is 135 cm³/mol. The maximum atomic E-state index is 13.6. The Balaban J connectivity index is 1.84. The normalized spacial score (nSPS) is 15.2. The highest BCUT2D eigenvalue weighted by Crippen LogP contribution is 2.31. The van der Waals surface area contributed by atoms with Crippen molar-refractivity contribution in [2.75, 3.05) is 20.3 Å². The zero-order chi connectivity index (χ0) is 25.8. The van der Waals surface area contributed by atoms with Gasteiger partial charge in [0.05, 0.1) is 35.6 Å². The van der Waals surface area contributed by atoms with Crippen molar-refractivity contribution in [3.63, 3.8) is 0 Å². The fraction of sp³-hybridized carbons (Fsp3) is 0.231. The lowest BCUT2D eigenvalue weighted by molar-refractivity contribution is -0.139. The van der Waals surface area contributed by atoms with Crippen LogP contribution in [0.4, 0.5) is 0 Å². The van der Waals surface area contributed by atoms with Gasteiger partial charge in [-0.15, -0.1) is 0 Å². The fourth-order valence-electron chi connectivity index (χ4n) is 3.94. The van der Waals surface area contributed by atoms with Gasteiger partial charge >= 0.3 is 5.97 Å². The number of hydrogen-bond donors (Lipinski definition) is 1. The second kappa shape index (κ2) is 10.6. The van der Waals surface area contributed by atoms with Gasteiger partial charge in [-0.3, -0.25) is 14.2 Å². The molecule has 3 aromatic rings. The minimum atomic E-state index is -0.664. The van der Waals surface area contributed by atoms with Gasteiger partial charge in [-0.1, -0.05) is 47.7 Å². The van der Waals surface area contributed by atoms with Crippen molar-refractivity contribution in [2.24, 2.45) is 10.7 Å². The van der Waals surface area contributed by atoms with E-state index in [9.17, 15) is 14.4 Å². The van der Waals surface area contributed by atoms with Crippen molar-refractivity contribution in [1.29, 1.82) is 0 Å². The molecule has 9 nitrogen and oxygen atoms in total. The molecular weight excluding hydrogens is 482 g/mol. The lowest BCUT2D eigenvalue weighted by Crippen LogP contribution is -2.39. The molecule has 36 heavy (non-hydrogen) atoms. The molecule has 1 aromatic heterocycles. The number of carbonyl (C=O) groups is 2. The summed E-state index contributed by atoms with van der Waals surface area (Å²) >= 11 is 1.23. The third kappa shape index (κ3) is 4.94. The van der Waals surface area contributed by atoms with Gasteiger partial charge in [-0.25, -0.2) is 9.79 Å². The zero-order valence-corrected chi connectivity index (χ0v) is 20.8. The third-order valence-corrected chi connectivity index (χ3v) is 6.47. The van der Waals surface area contributed by atoms with E-state index < -0.39 is 17.9 Å². The van der Waals surface area contributed by atoms with E-state index >= 15 is 0 Å². The number of rotatable bonds is 8. The van der Waals surface area contributed by atoms with Crippen LogP contribution in [0.25, 0.3) is 6.08 Å². The standard InChI is InChI=1S/C26H25N3O6S/c1-4-34-25(32)22-15(2)28-26-29(23(22)17-8-6-5-7-9-17)24(31)20(36-26)13-16-10-11-18(19(12-16)33-3)35-14-21(27)30/h5-13,23H,4,14H2,1-3H3,(H2,27,30)/t23-/m1/s1. The van der Waals surface area contributed by atoms with E-state index in [0.717, 1.165) is 5.56 Å². The predicted octanol–water partition coefficient (Wildman–Crippen LogP) is 1.67. The zero-order valence-electron chi connectivity index (χ0n) is 20.0.